The molecule has 0 aliphatic carbocycles. The van der Waals surface area contributed by atoms with Crippen LogP contribution in [0.25, 0.3) is 0 Å². The highest BCUT2D eigenvalue weighted by Gasteiger charge is 2.17. The Bertz CT molecular complexity index is 410. The fraction of sp³-hybridized carbons (Fsp3) is 0.444. The highest BCUT2D eigenvalue weighted by Crippen LogP contribution is 2.21. The van der Waals surface area contributed by atoms with Gasteiger partial charge in [0.15, 0.2) is 0 Å². The summed E-state index contributed by atoms with van der Waals surface area (Å²) in [7, 11) is 1.64. The number of aromatic nitrogens is 2. The molecule has 0 saturated heterocycles. The van der Waals surface area contributed by atoms with Gasteiger partial charge in [0.25, 0.3) is 0 Å². The van der Waals surface area contributed by atoms with Gasteiger partial charge in [-0.25, -0.2) is 0 Å². The van der Waals surface area contributed by atoms with Crippen LogP contribution in [0.4, 0.5) is 11.5 Å². The van der Waals surface area contributed by atoms with Gasteiger partial charge in [-0.3, -0.25) is 14.8 Å². The molecule has 0 radical (unpaired) electrons. The molecule has 1 aromatic rings. The molecule has 0 aliphatic rings. The zero-order valence-electron chi connectivity index (χ0n) is 8.84. The Hall–Kier alpha value is -1.68. The van der Waals surface area contributed by atoms with Crippen molar-refractivity contribution in [3.05, 3.63) is 16.3 Å². The van der Waals surface area contributed by atoms with Crippen molar-refractivity contribution < 1.29 is 4.92 Å². The Morgan fingerprint density at radius 2 is 2.56 bits per heavy atom. The summed E-state index contributed by atoms with van der Waals surface area (Å²) in [6.45, 7) is 0.601. The Balaban J connectivity index is 2.47. The minimum Gasteiger partial charge on any atom is -0.362 e. The SMILES string of the molecule is C#CCSCCNc1nn(C)cc1[N+](=O)[O-]. The molecule has 0 saturated carbocycles. The maximum Gasteiger partial charge on any atom is 0.330 e. The van der Waals surface area contributed by atoms with Crippen molar-refractivity contribution in [2.24, 2.45) is 7.05 Å². The van der Waals surface area contributed by atoms with Gasteiger partial charge in [-0.15, -0.1) is 23.3 Å². The van der Waals surface area contributed by atoms with Crippen LogP contribution in [0.15, 0.2) is 6.20 Å². The van der Waals surface area contributed by atoms with E-state index in [0.717, 1.165) is 5.75 Å². The minimum atomic E-state index is -0.454. The van der Waals surface area contributed by atoms with Gasteiger partial charge >= 0.3 is 5.69 Å². The van der Waals surface area contributed by atoms with Crippen molar-refractivity contribution in [1.82, 2.24) is 9.78 Å². The first-order valence-corrected chi connectivity index (χ1v) is 5.73. The van der Waals surface area contributed by atoms with E-state index in [-0.39, 0.29) is 5.69 Å². The number of hydrogen-bond acceptors (Lipinski definition) is 5. The summed E-state index contributed by atoms with van der Waals surface area (Å²) in [4.78, 5) is 10.2. The molecule has 0 aromatic carbocycles. The molecule has 7 heteroatoms. The first-order chi connectivity index (χ1) is 7.65. The van der Waals surface area contributed by atoms with Crippen molar-refractivity contribution in [3.63, 3.8) is 0 Å². The van der Waals surface area contributed by atoms with Gasteiger partial charge in [0.05, 0.1) is 10.7 Å². The molecule has 0 unspecified atom stereocenters. The van der Waals surface area contributed by atoms with Crippen LogP contribution in [-0.4, -0.2) is 32.8 Å². The van der Waals surface area contributed by atoms with E-state index in [1.165, 1.54) is 10.9 Å². The average molecular weight is 240 g/mol. The van der Waals surface area contributed by atoms with Crippen LogP contribution in [0, 0.1) is 22.5 Å². The van der Waals surface area contributed by atoms with Crippen molar-refractivity contribution >= 4 is 23.3 Å². The molecule has 0 spiro atoms. The molecule has 6 nitrogen and oxygen atoms in total. The van der Waals surface area contributed by atoms with E-state index in [1.54, 1.807) is 18.8 Å². The molecule has 0 aliphatic heterocycles. The second-order valence-corrected chi connectivity index (χ2v) is 4.08. The van der Waals surface area contributed by atoms with Gasteiger partial charge in [-0.1, -0.05) is 5.92 Å². The van der Waals surface area contributed by atoms with Crippen LogP contribution in [0.5, 0.6) is 0 Å². The molecule has 1 heterocycles. The summed E-state index contributed by atoms with van der Waals surface area (Å²) in [5.74, 6) is 4.24. The summed E-state index contributed by atoms with van der Waals surface area (Å²) in [5.41, 5.74) is -0.00977. The fourth-order valence-corrected chi connectivity index (χ4v) is 1.62. The molecule has 86 valence electrons. The molecule has 16 heavy (non-hydrogen) atoms. The van der Waals surface area contributed by atoms with Gasteiger partial charge in [0.2, 0.25) is 5.82 Å². The smallest absolute Gasteiger partial charge is 0.330 e. The molecule has 0 atom stereocenters. The maximum absolute atomic E-state index is 10.7. The van der Waals surface area contributed by atoms with E-state index >= 15 is 0 Å². The number of hydrogen-bond donors (Lipinski definition) is 1. The van der Waals surface area contributed by atoms with E-state index in [9.17, 15) is 10.1 Å². The maximum atomic E-state index is 10.7. The molecule has 0 bridgehead atoms. The van der Waals surface area contributed by atoms with Crippen LogP contribution < -0.4 is 5.32 Å². The van der Waals surface area contributed by atoms with Crippen LogP contribution >= 0.6 is 11.8 Å². The Kier molecular flexibility index (Phi) is 4.66. The van der Waals surface area contributed by atoms with E-state index in [1.807, 2.05) is 0 Å². The number of nitrogens with one attached hydrogen (secondary N) is 1. The van der Waals surface area contributed by atoms with E-state index in [4.69, 9.17) is 6.42 Å². The summed E-state index contributed by atoms with van der Waals surface area (Å²) >= 11 is 1.59. The topological polar surface area (TPSA) is 73.0 Å². The Morgan fingerprint density at radius 1 is 1.81 bits per heavy atom. The third kappa shape index (κ3) is 3.47. The van der Waals surface area contributed by atoms with Gasteiger partial charge in [0, 0.05) is 19.3 Å². The highest BCUT2D eigenvalue weighted by molar-refractivity contribution is 7.99. The average Bonchev–Trinajstić information content (AvgIpc) is 2.59. The van der Waals surface area contributed by atoms with E-state index in [2.05, 4.69) is 16.3 Å². The van der Waals surface area contributed by atoms with Crippen molar-refractivity contribution in [2.75, 3.05) is 23.4 Å². The lowest BCUT2D eigenvalue weighted by molar-refractivity contribution is -0.384. The molecule has 0 fully saturated rings. The fourth-order valence-electron chi connectivity index (χ4n) is 1.11. The van der Waals surface area contributed by atoms with Crippen LogP contribution in [-0.2, 0) is 7.05 Å². The summed E-state index contributed by atoms with van der Waals surface area (Å²) in [5, 5.41) is 17.5. The second kappa shape index (κ2) is 6.02. The molecule has 1 rings (SSSR count). The van der Waals surface area contributed by atoms with Gasteiger partial charge in [-0.05, 0) is 0 Å². The van der Waals surface area contributed by atoms with E-state index < -0.39 is 4.92 Å². The Labute approximate surface area is 97.6 Å². The third-order valence-corrected chi connectivity index (χ3v) is 2.59. The predicted molar refractivity (Wildman–Crippen MR) is 64.5 cm³/mol. The molecule has 1 aromatic heterocycles. The van der Waals surface area contributed by atoms with Gasteiger partial charge in [-0.2, -0.15) is 0 Å². The quantitative estimate of drug-likeness (QED) is 0.349. The zero-order chi connectivity index (χ0) is 12.0. The lowest BCUT2D eigenvalue weighted by atomic mass is 10.5. The van der Waals surface area contributed by atoms with Gasteiger partial charge < -0.3 is 5.32 Å². The number of nitrogens with zero attached hydrogens (tertiary/aromatic N) is 3. The lowest BCUT2D eigenvalue weighted by Crippen LogP contribution is -2.06. The molecular formula is C9H12N4O2S. The third-order valence-electron chi connectivity index (χ3n) is 1.73. The van der Waals surface area contributed by atoms with Crippen LogP contribution in [0.3, 0.4) is 0 Å². The first kappa shape index (κ1) is 12.4. The van der Waals surface area contributed by atoms with Crippen molar-refractivity contribution in [1.29, 1.82) is 0 Å². The number of anilines is 1. The first-order valence-electron chi connectivity index (χ1n) is 4.58. The summed E-state index contributed by atoms with van der Waals surface area (Å²) in [6, 6.07) is 0. The minimum absolute atomic E-state index is 0.00977. The number of terminal acetylenes is 1. The summed E-state index contributed by atoms with van der Waals surface area (Å²) < 4.78 is 1.41. The molecule has 0 amide bonds. The number of thioether (sulfide) groups is 1. The predicted octanol–water partition coefficient (Wildman–Crippen LogP) is 1.11. The number of aryl methyl sites for hydroxylation is 1. The van der Waals surface area contributed by atoms with E-state index in [0.29, 0.717) is 18.1 Å². The largest absolute Gasteiger partial charge is 0.362 e. The zero-order valence-corrected chi connectivity index (χ0v) is 9.66. The van der Waals surface area contributed by atoms with Crippen LogP contribution in [0.1, 0.15) is 0 Å². The standard InChI is InChI=1S/C9H12N4O2S/c1-3-5-16-6-4-10-9-8(13(14)15)7-12(2)11-9/h1,7H,4-6H2,2H3,(H,10,11). The Morgan fingerprint density at radius 3 is 3.19 bits per heavy atom. The highest BCUT2D eigenvalue weighted by atomic mass is 32.2. The monoisotopic (exact) mass is 240 g/mol. The lowest BCUT2D eigenvalue weighted by Gasteiger charge is -2.00. The van der Waals surface area contributed by atoms with Crippen molar-refractivity contribution in [3.8, 4) is 12.3 Å². The number of nitro groups is 1. The molecular weight excluding hydrogens is 228 g/mol. The summed E-state index contributed by atoms with van der Waals surface area (Å²) in [6.07, 6.45) is 6.46. The number of rotatable bonds is 6. The van der Waals surface area contributed by atoms with Crippen molar-refractivity contribution in [2.45, 2.75) is 0 Å². The normalized spacial score (nSPS) is 9.75. The van der Waals surface area contributed by atoms with Crippen LogP contribution in [0.2, 0.25) is 0 Å². The molecule has 1 N–H and O–H groups in total. The van der Waals surface area contributed by atoms with Gasteiger partial charge in [0.1, 0.15) is 6.20 Å². The second-order valence-electron chi connectivity index (χ2n) is 2.98.